The van der Waals surface area contributed by atoms with Crippen molar-refractivity contribution in [2.24, 2.45) is 7.05 Å². The number of aromatic hydroxyl groups is 1. The Morgan fingerprint density at radius 3 is 2.60 bits per heavy atom. The Hall–Kier alpha value is -3.44. The first-order valence-electron chi connectivity index (χ1n) is 11.1. The largest absolute Gasteiger partial charge is 0.482 e. The van der Waals surface area contributed by atoms with Crippen molar-refractivity contribution in [3.05, 3.63) is 96.5 Å². The predicted octanol–water partition coefficient (Wildman–Crippen LogP) is 5.22. The lowest BCUT2D eigenvalue weighted by Crippen LogP contribution is -2.24. The second-order valence-electron chi connectivity index (χ2n) is 8.02. The third-order valence-corrected chi connectivity index (χ3v) is 8.09. The van der Waals surface area contributed by atoms with E-state index in [1.807, 2.05) is 74.1 Å². The number of rotatable bonds is 3. The third-order valence-electron chi connectivity index (χ3n) is 5.91. The van der Waals surface area contributed by atoms with Gasteiger partial charge in [-0.3, -0.25) is 0 Å². The number of nitrogens with zero attached hydrogens (tertiary/aromatic N) is 4. The van der Waals surface area contributed by atoms with Gasteiger partial charge in [-0.15, -0.1) is 0 Å². The molecule has 1 aliphatic rings. The van der Waals surface area contributed by atoms with Gasteiger partial charge < -0.3 is 10.0 Å². The highest BCUT2D eigenvalue weighted by Crippen LogP contribution is 2.29. The van der Waals surface area contributed by atoms with Crippen LogP contribution in [0.4, 0.5) is 5.69 Å². The van der Waals surface area contributed by atoms with Crippen LogP contribution in [0.1, 0.15) is 17.4 Å². The molecule has 0 amide bonds. The number of hydrogen-bond donors (Lipinski definition) is 1. The molecule has 1 aliphatic heterocycles. The Morgan fingerprint density at radius 1 is 1.06 bits per heavy atom. The van der Waals surface area contributed by atoms with Crippen LogP contribution in [0.3, 0.4) is 0 Å². The predicted molar refractivity (Wildman–Crippen MR) is 147 cm³/mol. The minimum Gasteiger partial charge on any atom is -0.482 e. The van der Waals surface area contributed by atoms with Gasteiger partial charge in [-0.2, -0.15) is 0 Å². The molecule has 5 nitrogen and oxygen atoms in total. The number of allylic oxidation sites excluding steroid dienone is 1. The van der Waals surface area contributed by atoms with Crippen molar-refractivity contribution < 1.29 is 5.11 Å². The van der Waals surface area contributed by atoms with E-state index in [1.165, 1.54) is 16.9 Å². The van der Waals surface area contributed by atoms with Crippen LogP contribution < -0.4 is 19.2 Å². The van der Waals surface area contributed by atoms with Gasteiger partial charge in [-0.25, -0.2) is 13.8 Å². The summed E-state index contributed by atoms with van der Waals surface area (Å²) in [5, 5.41) is 13.7. The van der Waals surface area contributed by atoms with E-state index in [2.05, 4.69) is 38.8 Å². The van der Waals surface area contributed by atoms with Gasteiger partial charge in [0, 0.05) is 34.8 Å². The molecule has 2 aromatic carbocycles. The number of anilines is 1. The molecule has 0 saturated carbocycles. The van der Waals surface area contributed by atoms with Crippen molar-refractivity contribution in [2.75, 3.05) is 11.9 Å². The van der Waals surface area contributed by atoms with Gasteiger partial charge in [0.2, 0.25) is 0 Å². The fraction of sp³-hybridized carbons (Fsp3) is 0.148. The normalized spacial score (nSPS) is 12.3. The summed E-state index contributed by atoms with van der Waals surface area (Å²) in [7, 11) is 4.02. The van der Waals surface area contributed by atoms with Gasteiger partial charge in [0.25, 0.3) is 5.88 Å². The number of likely N-dealkylation sites (N-methyl/N-ethyl adjacent to an activating group) is 1. The molecular formula is C27H24ClN4OS2+. The van der Waals surface area contributed by atoms with Gasteiger partial charge in [0.15, 0.2) is 0 Å². The van der Waals surface area contributed by atoms with Crippen LogP contribution in [-0.2, 0) is 13.6 Å². The van der Waals surface area contributed by atoms with E-state index >= 15 is 0 Å². The summed E-state index contributed by atoms with van der Waals surface area (Å²) in [4.78, 5) is 4.40. The van der Waals surface area contributed by atoms with Crippen molar-refractivity contribution in [1.82, 2.24) is 13.8 Å². The Bertz CT molecular complexity index is 1650. The summed E-state index contributed by atoms with van der Waals surface area (Å²) in [5.41, 5.74) is 8.72. The van der Waals surface area contributed by atoms with Gasteiger partial charge in [-0.1, -0.05) is 52.9 Å². The maximum absolute atomic E-state index is 10.9. The van der Waals surface area contributed by atoms with Gasteiger partial charge >= 0.3 is 9.60 Å². The molecule has 0 atom stereocenters. The standard InChI is InChI=1S/C27H23ClN4OS2/c1-4-32-25(33)24(16-15-21-14-11-18-7-5-6-8-22(18)30(21)2)35-27(32)29-26-31(3)23(17-34-26)19-9-12-20(28)13-10-19/h5-14,16-17H,4H2,1-3H3/p+1. The van der Waals surface area contributed by atoms with Crippen LogP contribution >= 0.6 is 34.3 Å². The molecule has 0 bridgehead atoms. The summed E-state index contributed by atoms with van der Waals surface area (Å²) in [6.07, 6.45) is 5.96. The maximum Gasteiger partial charge on any atom is 0.379 e. The lowest BCUT2D eigenvalue weighted by atomic mass is 10.1. The molecule has 4 aromatic rings. The van der Waals surface area contributed by atoms with E-state index in [0.29, 0.717) is 11.6 Å². The number of para-hydroxylation sites is 1. The van der Waals surface area contributed by atoms with E-state index in [4.69, 9.17) is 16.3 Å². The topological polar surface area (TPSA) is 47.4 Å². The first-order chi connectivity index (χ1) is 17.0. The van der Waals surface area contributed by atoms with Gasteiger partial charge in [-0.05, 0) is 60.2 Å². The van der Waals surface area contributed by atoms with E-state index in [0.717, 1.165) is 37.1 Å². The fourth-order valence-corrected chi connectivity index (χ4v) is 6.01. The molecule has 3 heterocycles. The number of benzene rings is 2. The van der Waals surface area contributed by atoms with Crippen LogP contribution in [0.25, 0.3) is 23.4 Å². The van der Waals surface area contributed by atoms with Crippen molar-refractivity contribution in [3.63, 3.8) is 0 Å². The zero-order valence-corrected chi connectivity index (χ0v) is 22.0. The fourth-order valence-electron chi connectivity index (χ4n) is 3.95. The Balaban J connectivity index is 1.60. The third kappa shape index (κ3) is 4.48. The van der Waals surface area contributed by atoms with Crippen LogP contribution in [0.2, 0.25) is 5.02 Å². The van der Waals surface area contributed by atoms with E-state index in [-0.39, 0.29) is 5.88 Å². The lowest BCUT2D eigenvalue weighted by molar-refractivity contribution is 0.415. The Kier molecular flexibility index (Phi) is 6.44. The molecule has 0 aliphatic carbocycles. The minimum atomic E-state index is 0.198. The van der Waals surface area contributed by atoms with Crippen molar-refractivity contribution >= 4 is 52.1 Å². The smallest absolute Gasteiger partial charge is 0.379 e. The van der Waals surface area contributed by atoms with Crippen LogP contribution in [0.5, 0.6) is 5.88 Å². The highest BCUT2D eigenvalue weighted by atomic mass is 35.5. The Labute approximate surface area is 216 Å². The molecule has 2 aromatic heterocycles. The average molecular weight is 520 g/mol. The molecule has 1 N–H and O–H groups in total. The number of thiazole rings is 2. The molecule has 0 saturated heterocycles. The molecule has 0 fully saturated rings. The molecule has 8 heteroatoms. The van der Waals surface area contributed by atoms with Crippen molar-refractivity contribution in [1.29, 1.82) is 0 Å². The molecule has 35 heavy (non-hydrogen) atoms. The summed E-state index contributed by atoms with van der Waals surface area (Å²) >= 11 is 9.05. The SMILES string of the molecule is CCn1c(O)c(C=C=C2C=Cc3ccccc3N2C)sc1=[N+]=c1scc(-c2ccc(Cl)cc2)n1C. The zero-order chi connectivity index (χ0) is 24.5. The molecule has 0 unspecified atom stereocenters. The van der Waals surface area contributed by atoms with E-state index < -0.39 is 0 Å². The Morgan fingerprint density at radius 2 is 1.83 bits per heavy atom. The highest BCUT2D eigenvalue weighted by Gasteiger charge is 2.17. The molecule has 176 valence electrons. The van der Waals surface area contributed by atoms with Crippen LogP contribution in [0.15, 0.2) is 71.4 Å². The summed E-state index contributed by atoms with van der Waals surface area (Å²) < 4.78 is 8.77. The number of fused-ring (bicyclic) bond motifs is 1. The minimum absolute atomic E-state index is 0.198. The monoisotopic (exact) mass is 519 g/mol. The maximum atomic E-state index is 10.9. The number of halogens is 1. The highest BCUT2D eigenvalue weighted by molar-refractivity contribution is 7.10. The molecular weight excluding hydrogens is 496 g/mol. The second-order valence-corrected chi connectivity index (χ2v) is 10.3. The van der Waals surface area contributed by atoms with Crippen molar-refractivity contribution in [2.45, 2.75) is 13.5 Å². The van der Waals surface area contributed by atoms with Gasteiger partial charge in [0.1, 0.15) is 10.6 Å². The number of aromatic nitrogens is 2. The molecule has 0 radical (unpaired) electrons. The average Bonchev–Trinajstić information content (AvgIpc) is 3.38. The quantitative estimate of drug-likeness (QED) is 0.298. The van der Waals surface area contributed by atoms with Gasteiger partial charge in [0.05, 0.1) is 19.3 Å². The van der Waals surface area contributed by atoms with Crippen molar-refractivity contribution in [3.8, 4) is 17.1 Å². The summed E-state index contributed by atoms with van der Waals surface area (Å²) in [6, 6.07) is 16.0. The van der Waals surface area contributed by atoms with E-state index in [9.17, 15) is 5.11 Å². The molecule has 0 spiro atoms. The first kappa shape index (κ1) is 23.3. The summed E-state index contributed by atoms with van der Waals surface area (Å²) in [5.74, 6) is 0.198. The lowest BCUT2D eigenvalue weighted by Gasteiger charge is -2.24. The number of hydrogen-bond acceptors (Lipinski definition) is 4. The molecule has 5 rings (SSSR count). The first-order valence-corrected chi connectivity index (χ1v) is 13.2. The van der Waals surface area contributed by atoms with Crippen LogP contribution in [-0.4, -0.2) is 21.3 Å². The zero-order valence-electron chi connectivity index (χ0n) is 19.6. The summed E-state index contributed by atoms with van der Waals surface area (Å²) in [6.45, 7) is 2.61. The van der Waals surface area contributed by atoms with E-state index in [1.54, 1.807) is 11.3 Å². The van der Waals surface area contributed by atoms with Crippen LogP contribution in [0, 0.1) is 0 Å². The second kappa shape index (κ2) is 9.67.